The lowest BCUT2D eigenvalue weighted by atomic mass is 9.93. The number of hydrogen-bond acceptors (Lipinski definition) is 5. The SMILES string of the molecule is CN1CCC(N2CN(C3c4ccccc4CCc4ccccc43)n3ccc(=O)c(O)c3C2=O)CC1. The highest BCUT2D eigenvalue weighted by atomic mass is 16.3. The predicted octanol–water partition coefficient (Wildman–Crippen LogP) is 2.89. The molecule has 0 spiro atoms. The van der Waals surface area contributed by atoms with Crippen LogP contribution in [0.3, 0.4) is 0 Å². The average Bonchev–Trinajstić information content (AvgIpc) is 3.04. The molecular weight excluding hydrogens is 440 g/mol. The Hall–Kier alpha value is -3.58. The number of likely N-dealkylation sites (tertiary alicyclic amines) is 1. The van der Waals surface area contributed by atoms with Crippen molar-refractivity contribution in [2.45, 2.75) is 37.8 Å². The maximum absolute atomic E-state index is 13.7. The van der Waals surface area contributed by atoms with Crippen molar-refractivity contribution in [1.29, 1.82) is 0 Å². The minimum absolute atomic E-state index is 0.0564. The summed E-state index contributed by atoms with van der Waals surface area (Å²) in [7, 11) is 2.10. The van der Waals surface area contributed by atoms with Crippen molar-refractivity contribution in [2.75, 3.05) is 31.8 Å². The first kappa shape index (κ1) is 21.9. The van der Waals surface area contributed by atoms with E-state index in [4.69, 9.17) is 0 Å². The fourth-order valence-electron chi connectivity index (χ4n) is 5.96. The second-order valence-electron chi connectivity index (χ2n) is 9.91. The Morgan fingerprint density at radius 1 is 0.857 bits per heavy atom. The van der Waals surface area contributed by atoms with Crippen LogP contribution in [0.2, 0.25) is 0 Å². The van der Waals surface area contributed by atoms with Crippen molar-refractivity contribution < 1.29 is 9.90 Å². The summed E-state index contributed by atoms with van der Waals surface area (Å²) in [4.78, 5) is 30.3. The quantitative estimate of drug-likeness (QED) is 0.624. The van der Waals surface area contributed by atoms with E-state index in [1.807, 2.05) is 4.90 Å². The number of aryl methyl sites for hydroxylation is 2. The van der Waals surface area contributed by atoms with Gasteiger partial charge in [-0.3, -0.25) is 19.3 Å². The molecule has 1 fully saturated rings. The van der Waals surface area contributed by atoms with Gasteiger partial charge in [-0.05, 0) is 68.1 Å². The summed E-state index contributed by atoms with van der Waals surface area (Å²) in [6.07, 6.45) is 5.25. The van der Waals surface area contributed by atoms with Crippen molar-refractivity contribution in [3.8, 4) is 5.75 Å². The fraction of sp³-hybridized carbons (Fsp3) is 0.357. The predicted molar refractivity (Wildman–Crippen MR) is 134 cm³/mol. The summed E-state index contributed by atoms with van der Waals surface area (Å²) >= 11 is 0. The number of aromatic nitrogens is 1. The number of pyridine rings is 1. The van der Waals surface area contributed by atoms with E-state index in [9.17, 15) is 14.7 Å². The number of amides is 1. The molecule has 0 unspecified atom stereocenters. The first-order chi connectivity index (χ1) is 17.0. The molecule has 7 heteroatoms. The van der Waals surface area contributed by atoms with E-state index in [0.717, 1.165) is 38.8 Å². The molecule has 35 heavy (non-hydrogen) atoms. The van der Waals surface area contributed by atoms with Crippen LogP contribution in [0.15, 0.2) is 65.6 Å². The van der Waals surface area contributed by atoms with Gasteiger partial charge < -0.3 is 14.9 Å². The number of carbonyl (C=O) groups is 1. The van der Waals surface area contributed by atoms with Crippen LogP contribution in [0, 0.1) is 0 Å². The van der Waals surface area contributed by atoms with Crippen molar-refractivity contribution in [3.63, 3.8) is 0 Å². The van der Waals surface area contributed by atoms with E-state index in [-0.39, 0.29) is 23.7 Å². The van der Waals surface area contributed by atoms with Crippen molar-refractivity contribution in [3.05, 3.63) is 99.0 Å². The molecule has 1 aliphatic carbocycles. The number of hydrogen-bond donors (Lipinski definition) is 1. The zero-order valence-electron chi connectivity index (χ0n) is 19.9. The lowest BCUT2D eigenvalue weighted by molar-refractivity contribution is 0.0496. The minimum atomic E-state index is -0.531. The van der Waals surface area contributed by atoms with Gasteiger partial charge in [0.1, 0.15) is 6.67 Å². The summed E-state index contributed by atoms with van der Waals surface area (Å²) in [6.45, 7) is 2.21. The molecule has 0 radical (unpaired) electrons. The summed E-state index contributed by atoms with van der Waals surface area (Å²) < 4.78 is 1.72. The van der Waals surface area contributed by atoms with Crippen molar-refractivity contribution >= 4 is 5.91 Å². The van der Waals surface area contributed by atoms with E-state index in [1.54, 1.807) is 10.9 Å². The van der Waals surface area contributed by atoms with E-state index in [2.05, 4.69) is 65.5 Å². The third-order valence-corrected chi connectivity index (χ3v) is 7.88. The normalized spacial score (nSPS) is 19.2. The fourth-order valence-corrected chi connectivity index (χ4v) is 5.96. The second kappa shape index (κ2) is 8.57. The second-order valence-corrected chi connectivity index (χ2v) is 9.91. The molecule has 1 N–H and O–H groups in total. The Morgan fingerprint density at radius 3 is 2.09 bits per heavy atom. The first-order valence-electron chi connectivity index (χ1n) is 12.4. The van der Waals surface area contributed by atoms with Crippen LogP contribution in [0.5, 0.6) is 5.75 Å². The van der Waals surface area contributed by atoms with Crippen LogP contribution in [0.4, 0.5) is 0 Å². The standard InChI is InChI=1S/C28H30N4O3/c1-29-15-12-21(13-16-29)30-18-32(31-17-14-24(33)27(34)26(31)28(30)35)25-22-8-4-2-6-19(22)10-11-20-7-3-5-9-23(20)25/h2-9,14,17,21,25,34H,10-13,15-16,18H2,1H3. The molecule has 0 atom stereocenters. The monoisotopic (exact) mass is 470 g/mol. The van der Waals surface area contributed by atoms with Gasteiger partial charge in [-0.25, -0.2) is 0 Å². The molecule has 0 bridgehead atoms. The van der Waals surface area contributed by atoms with Crippen LogP contribution in [-0.2, 0) is 12.8 Å². The van der Waals surface area contributed by atoms with Gasteiger partial charge >= 0.3 is 0 Å². The summed E-state index contributed by atoms with van der Waals surface area (Å²) in [5.74, 6) is -0.753. The molecule has 2 aromatic carbocycles. The molecule has 1 amide bonds. The highest BCUT2D eigenvalue weighted by Gasteiger charge is 2.41. The summed E-state index contributed by atoms with van der Waals surface area (Å²) in [5.41, 5.74) is 4.48. The lowest BCUT2D eigenvalue weighted by Gasteiger charge is -2.47. The Balaban J connectivity index is 1.55. The molecule has 3 aliphatic rings. The number of aromatic hydroxyl groups is 1. The number of rotatable bonds is 2. The van der Waals surface area contributed by atoms with Gasteiger partial charge in [0.15, 0.2) is 11.4 Å². The smallest absolute Gasteiger partial charge is 0.278 e. The van der Waals surface area contributed by atoms with Gasteiger partial charge in [0, 0.05) is 18.3 Å². The van der Waals surface area contributed by atoms with Crippen LogP contribution in [0.25, 0.3) is 0 Å². The number of piperidine rings is 1. The zero-order valence-corrected chi connectivity index (χ0v) is 19.9. The van der Waals surface area contributed by atoms with Crippen molar-refractivity contribution in [2.24, 2.45) is 0 Å². The summed E-state index contributed by atoms with van der Waals surface area (Å²) in [6, 6.07) is 18.2. The average molecular weight is 471 g/mol. The van der Waals surface area contributed by atoms with Crippen molar-refractivity contribution in [1.82, 2.24) is 14.5 Å². The number of fused-ring (bicyclic) bond motifs is 3. The van der Waals surface area contributed by atoms with Crippen LogP contribution < -0.4 is 10.4 Å². The molecule has 180 valence electrons. The minimum Gasteiger partial charge on any atom is -0.502 e. The van der Waals surface area contributed by atoms with Crippen LogP contribution >= 0.6 is 0 Å². The molecule has 7 nitrogen and oxygen atoms in total. The number of carbonyl (C=O) groups excluding carboxylic acids is 1. The highest BCUT2D eigenvalue weighted by Crippen LogP contribution is 2.38. The highest BCUT2D eigenvalue weighted by molar-refractivity contribution is 5.96. The van der Waals surface area contributed by atoms with E-state index in [1.165, 1.54) is 28.3 Å². The zero-order chi connectivity index (χ0) is 24.1. The molecule has 3 aromatic rings. The van der Waals surface area contributed by atoms with Gasteiger partial charge in [-0.1, -0.05) is 48.5 Å². The van der Waals surface area contributed by atoms with E-state index in [0.29, 0.717) is 6.67 Å². The van der Waals surface area contributed by atoms with Gasteiger partial charge in [0.05, 0.1) is 6.04 Å². The first-order valence-corrected chi connectivity index (χ1v) is 12.4. The Kier molecular flexibility index (Phi) is 5.37. The third-order valence-electron chi connectivity index (χ3n) is 7.88. The third kappa shape index (κ3) is 3.62. The maximum Gasteiger partial charge on any atom is 0.278 e. The Bertz CT molecular complexity index is 1290. The molecule has 6 rings (SSSR count). The van der Waals surface area contributed by atoms with Gasteiger partial charge in [-0.15, -0.1) is 0 Å². The summed E-state index contributed by atoms with van der Waals surface area (Å²) in [5, 5.41) is 13.0. The van der Waals surface area contributed by atoms with E-state index >= 15 is 0 Å². The Labute approximate surface area is 204 Å². The molecule has 3 heterocycles. The lowest BCUT2D eigenvalue weighted by Crippen LogP contribution is -2.59. The van der Waals surface area contributed by atoms with Crippen LogP contribution in [-0.4, -0.2) is 58.3 Å². The molecular formula is C28H30N4O3. The van der Waals surface area contributed by atoms with Gasteiger partial charge in [0.25, 0.3) is 5.91 Å². The van der Waals surface area contributed by atoms with E-state index < -0.39 is 11.2 Å². The molecule has 0 saturated carbocycles. The molecule has 1 saturated heterocycles. The largest absolute Gasteiger partial charge is 0.502 e. The van der Waals surface area contributed by atoms with Crippen LogP contribution in [0.1, 0.15) is 51.6 Å². The number of benzene rings is 2. The Morgan fingerprint density at radius 2 is 1.46 bits per heavy atom. The van der Waals surface area contributed by atoms with Gasteiger partial charge in [0.2, 0.25) is 5.43 Å². The molecule has 2 aliphatic heterocycles. The molecule has 1 aromatic heterocycles. The maximum atomic E-state index is 13.7. The number of nitrogens with zero attached hydrogens (tertiary/aromatic N) is 4. The van der Waals surface area contributed by atoms with Gasteiger partial charge in [-0.2, -0.15) is 0 Å². The topological polar surface area (TPSA) is 69.0 Å².